The first-order chi connectivity index (χ1) is 13.1. The second-order valence-corrected chi connectivity index (χ2v) is 6.79. The summed E-state index contributed by atoms with van der Waals surface area (Å²) in [7, 11) is 3.84. The zero-order valence-corrected chi connectivity index (χ0v) is 15.5. The molecule has 0 atom stereocenters. The second-order valence-electron chi connectivity index (χ2n) is 6.79. The first kappa shape index (κ1) is 17.2. The van der Waals surface area contributed by atoms with Crippen LogP contribution in [0.1, 0.15) is 33.5 Å². The van der Waals surface area contributed by atoms with Gasteiger partial charge in [-0.3, -0.25) is 0 Å². The van der Waals surface area contributed by atoms with Crippen LogP contribution >= 0.6 is 0 Å². The molecule has 3 N–H and O–H groups in total. The van der Waals surface area contributed by atoms with Gasteiger partial charge in [-0.1, -0.05) is 30.3 Å². The minimum absolute atomic E-state index is 0.341. The van der Waals surface area contributed by atoms with Gasteiger partial charge in [0.05, 0.1) is 5.56 Å². The molecule has 0 radical (unpaired) electrons. The number of carbonyl (C=O) groups is 1. The molecule has 2 aliphatic carbocycles. The summed E-state index contributed by atoms with van der Waals surface area (Å²) in [5.74, 6) is -0.898. The van der Waals surface area contributed by atoms with Gasteiger partial charge in [-0.25, -0.2) is 4.79 Å². The molecule has 4 rings (SSSR count). The van der Waals surface area contributed by atoms with Crippen LogP contribution in [0, 0.1) is 0 Å². The zero-order valence-electron chi connectivity index (χ0n) is 15.5. The molecule has 0 bridgehead atoms. The number of hydrogen-bond donors (Lipinski definition) is 3. The maximum absolute atomic E-state index is 11.9. The number of fused-ring (bicyclic) bond motifs is 2. The van der Waals surface area contributed by atoms with Crippen molar-refractivity contribution in [3.8, 4) is 0 Å². The number of allylic oxidation sites excluding steroid dienone is 4. The quantitative estimate of drug-likeness (QED) is 0.766. The first-order valence-corrected chi connectivity index (χ1v) is 9.08. The van der Waals surface area contributed by atoms with E-state index in [2.05, 4.69) is 41.0 Å². The van der Waals surface area contributed by atoms with Crippen molar-refractivity contribution in [1.29, 1.82) is 0 Å². The topological polar surface area (TPSA) is 61.4 Å². The van der Waals surface area contributed by atoms with Crippen LogP contribution < -0.4 is 10.6 Å². The molecule has 0 saturated carbocycles. The third-order valence-electron chi connectivity index (χ3n) is 5.30. The summed E-state index contributed by atoms with van der Waals surface area (Å²) in [5, 5.41) is 16.2. The maximum atomic E-state index is 11.9. The molecule has 2 aromatic carbocycles. The first-order valence-electron chi connectivity index (χ1n) is 9.08. The van der Waals surface area contributed by atoms with Crippen LogP contribution in [-0.4, -0.2) is 25.2 Å². The SMILES string of the molecule is CNC1=CCC2=C(c3ccccc3C(=O)O)c3ccc(NC)cc3CC2=C1. The minimum Gasteiger partial charge on any atom is -0.478 e. The highest BCUT2D eigenvalue weighted by Gasteiger charge is 2.27. The Morgan fingerprint density at radius 1 is 1.04 bits per heavy atom. The smallest absolute Gasteiger partial charge is 0.336 e. The lowest BCUT2D eigenvalue weighted by atomic mass is 9.75. The number of nitrogens with one attached hydrogen (secondary N) is 2. The molecular weight excluding hydrogens is 336 g/mol. The van der Waals surface area contributed by atoms with Crippen LogP contribution in [0.5, 0.6) is 0 Å². The molecule has 136 valence electrons. The summed E-state index contributed by atoms with van der Waals surface area (Å²) in [6, 6.07) is 13.6. The Morgan fingerprint density at radius 3 is 2.59 bits per heavy atom. The Hall–Kier alpha value is -3.27. The Kier molecular flexibility index (Phi) is 4.32. The number of rotatable bonds is 4. The number of benzene rings is 2. The number of carboxylic acid groups (broad SMARTS) is 1. The number of aromatic carboxylic acids is 1. The second kappa shape index (κ2) is 6.80. The summed E-state index contributed by atoms with van der Waals surface area (Å²) in [5.41, 5.74) is 9.12. The van der Waals surface area contributed by atoms with Crippen LogP contribution in [0.4, 0.5) is 5.69 Å². The van der Waals surface area contributed by atoms with Gasteiger partial charge in [0.1, 0.15) is 0 Å². The van der Waals surface area contributed by atoms with E-state index in [4.69, 9.17) is 0 Å². The maximum Gasteiger partial charge on any atom is 0.336 e. The van der Waals surface area contributed by atoms with E-state index in [9.17, 15) is 9.90 Å². The highest BCUT2D eigenvalue weighted by molar-refractivity contribution is 5.99. The molecule has 2 aliphatic rings. The van der Waals surface area contributed by atoms with E-state index < -0.39 is 5.97 Å². The fourth-order valence-electron chi connectivity index (χ4n) is 3.97. The number of likely N-dealkylation sites (N-methyl/N-ethyl adjacent to an activating group) is 1. The standard InChI is InChI=1S/C23H22N2O2/c1-24-16-7-9-18-14(12-16)11-15-13-17(25-2)8-10-19(15)22(18)20-5-3-4-6-21(20)23(26)27/h3-9,12-13,24-25H,10-11H2,1-2H3,(H,26,27). The molecule has 0 fully saturated rings. The highest BCUT2D eigenvalue weighted by Crippen LogP contribution is 2.43. The third-order valence-corrected chi connectivity index (χ3v) is 5.30. The molecule has 0 aromatic heterocycles. The average molecular weight is 358 g/mol. The molecular formula is C23H22N2O2. The lowest BCUT2D eigenvalue weighted by Gasteiger charge is -2.29. The Morgan fingerprint density at radius 2 is 1.85 bits per heavy atom. The Bertz CT molecular complexity index is 1030. The van der Waals surface area contributed by atoms with E-state index in [0.29, 0.717) is 5.56 Å². The number of carboxylic acids is 1. The van der Waals surface area contributed by atoms with Crippen molar-refractivity contribution in [3.63, 3.8) is 0 Å². The summed E-state index contributed by atoms with van der Waals surface area (Å²) in [4.78, 5) is 11.9. The molecule has 0 spiro atoms. The molecule has 4 heteroatoms. The van der Waals surface area contributed by atoms with Crippen LogP contribution in [0.25, 0.3) is 5.57 Å². The van der Waals surface area contributed by atoms with Crippen LogP contribution in [-0.2, 0) is 6.42 Å². The van der Waals surface area contributed by atoms with Gasteiger partial charge in [0.25, 0.3) is 0 Å². The van der Waals surface area contributed by atoms with Crippen molar-refractivity contribution < 1.29 is 9.90 Å². The van der Waals surface area contributed by atoms with E-state index in [1.165, 1.54) is 16.7 Å². The van der Waals surface area contributed by atoms with Gasteiger partial charge in [-0.15, -0.1) is 0 Å². The lowest BCUT2D eigenvalue weighted by Crippen LogP contribution is -2.16. The minimum atomic E-state index is -0.898. The van der Waals surface area contributed by atoms with Crippen molar-refractivity contribution in [1.82, 2.24) is 5.32 Å². The van der Waals surface area contributed by atoms with Crippen molar-refractivity contribution >= 4 is 17.2 Å². The largest absolute Gasteiger partial charge is 0.478 e. The predicted octanol–water partition coefficient (Wildman–Crippen LogP) is 4.22. The predicted molar refractivity (Wildman–Crippen MR) is 109 cm³/mol. The summed E-state index contributed by atoms with van der Waals surface area (Å²) in [6.45, 7) is 0. The van der Waals surface area contributed by atoms with Gasteiger partial charge < -0.3 is 15.7 Å². The lowest BCUT2D eigenvalue weighted by molar-refractivity contribution is 0.0696. The highest BCUT2D eigenvalue weighted by atomic mass is 16.4. The molecule has 0 unspecified atom stereocenters. The van der Waals surface area contributed by atoms with Crippen molar-refractivity contribution in [3.05, 3.63) is 93.7 Å². The van der Waals surface area contributed by atoms with Gasteiger partial charge in [-0.2, -0.15) is 0 Å². The number of hydrogen-bond acceptors (Lipinski definition) is 3. The van der Waals surface area contributed by atoms with Gasteiger partial charge in [-0.05, 0) is 70.5 Å². The molecule has 2 aromatic rings. The van der Waals surface area contributed by atoms with Gasteiger partial charge >= 0.3 is 5.97 Å². The Labute approximate surface area is 158 Å². The van der Waals surface area contributed by atoms with E-state index in [0.717, 1.165) is 40.9 Å². The monoisotopic (exact) mass is 358 g/mol. The van der Waals surface area contributed by atoms with Crippen LogP contribution in [0.2, 0.25) is 0 Å². The third kappa shape index (κ3) is 2.93. The van der Waals surface area contributed by atoms with Gasteiger partial charge in [0, 0.05) is 25.5 Å². The summed E-state index contributed by atoms with van der Waals surface area (Å²) >= 11 is 0. The number of anilines is 1. The van der Waals surface area contributed by atoms with E-state index in [1.807, 2.05) is 26.2 Å². The zero-order chi connectivity index (χ0) is 19.0. The molecule has 4 nitrogen and oxygen atoms in total. The summed E-state index contributed by atoms with van der Waals surface area (Å²) < 4.78 is 0. The average Bonchev–Trinajstić information content (AvgIpc) is 2.71. The van der Waals surface area contributed by atoms with Crippen LogP contribution in [0.3, 0.4) is 0 Å². The Balaban J connectivity index is 2.00. The fraction of sp³-hybridized carbons (Fsp3) is 0.174. The molecule has 27 heavy (non-hydrogen) atoms. The normalized spacial score (nSPS) is 15.3. The van der Waals surface area contributed by atoms with E-state index in [1.54, 1.807) is 12.1 Å². The molecule has 0 heterocycles. The van der Waals surface area contributed by atoms with E-state index in [-0.39, 0.29) is 0 Å². The summed E-state index contributed by atoms with van der Waals surface area (Å²) in [6.07, 6.45) is 5.98. The molecule has 0 saturated heterocycles. The molecule has 0 amide bonds. The van der Waals surface area contributed by atoms with Gasteiger partial charge in [0.15, 0.2) is 0 Å². The van der Waals surface area contributed by atoms with Crippen molar-refractivity contribution in [2.24, 2.45) is 0 Å². The fourth-order valence-corrected chi connectivity index (χ4v) is 3.97. The van der Waals surface area contributed by atoms with Gasteiger partial charge in [0.2, 0.25) is 0 Å². The van der Waals surface area contributed by atoms with Crippen molar-refractivity contribution in [2.45, 2.75) is 12.8 Å². The van der Waals surface area contributed by atoms with Crippen LogP contribution in [0.15, 0.2) is 71.5 Å². The van der Waals surface area contributed by atoms with E-state index >= 15 is 0 Å². The van der Waals surface area contributed by atoms with Crippen molar-refractivity contribution in [2.75, 3.05) is 19.4 Å². The molecule has 0 aliphatic heterocycles.